The van der Waals surface area contributed by atoms with E-state index in [1.54, 1.807) is 14.1 Å². The Bertz CT molecular complexity index is 101. The Morgan fingerprint density at radius 1 is 1.30 bits per heavy atom. The number of carbonyl (C=O) groups is 1. The number of urea groups is 1. The van der Waals surface area contributed by atoms with Gasteiger partial charge in [0.25, 0.3) is 0 Å². The summed E-state index contributed by atoms with van der Waals surface area (Å²) in [7, 11) is 3.35. The van der Waals surface area contributed by atoms with Gasteiger partial charge in [0.15, 0.2) is 0 Å². The first-order valence-electron chi connectivity index (χ1n) is 3.26. The fraction of sp³-hybridized carbons (Fsp3) is 0.667. The summed E-state index contributed by atoms with van der Waals surface area (Å²) in [6.07, 6.45) is 1.61. The van der Waals surface area contributed by atoms with Crippen LogP contribution in [0.1, 0.15) is 13.3 Å². The Morgan fingerprint density at radius 2 is 1.90 bits per heavy atom. The summed E-state index contributed by atoms with van der Waals surface area (Å²) in [6.45, 7) is 1.96. The predicted molar refractivity (Wildman–Crippen MR) is 40.2 cm³/mol. The van der Waals surface area contributed by atoms with Gasteiger partial charge in [-0.05, 0) is 13.5 Å². The van der Waals surface area contributed by atoms with Gasteiger partial charge in [-0.2, -0.15) is 0 Å². The summed E-state index contributed by atoms with van der Waals surface area (Å²) in [5, 5.41) is 7.94. The van der Waals surface area contributed by atoms with Crippen molar-refractivity contribution in [3.8, 4) is 0 Å². The van der Waals surface area contributed by atoms with Crippen LogP contribution < -0.4 is 16.0 Å². The number of amides is 2. The summed E-state index contributed by atoms with van der Waals surface area (Å²) in [5.41, 5.74) is 0. The average molecular weight is 144 g/mol. The zero-order chi connectivity index (χ0) is 7.98. The van der Waals surface area contributed by atoms with Gasteiger partial charge >= 0.3 is 6.03 Å². The molecule has 0 saturated heterocycles. The highest BCUT2D eigenvalue weighted by molar-refractivity contribution is 5.74. The quantitative estimate of drug-likeness (QED) is 0.523. The van der Waals surface area contributed by atoms with E-state index < -0.39 is 0 Å². The second-order valence-electron chi connectivity index (χ2n) is 1.79. The van der Waals surface area contributed by atoms with E-state index in [1.165, 1.54) is 0 Å². The minimum Gasteiger partial charge on any atom is -0.341 e. The molecule has 4 heteroatoms. The van der Waals surface area contributed by atoms with Gasteiger partial charge in [0.2, 0.25) is 0 Å². The molecule has 0 aromatic rings. The van der Waals surface area contributed by atoms with Crippen molar-refractivity contribution >= 4 is 6.03 Å². The number of rotatable bonds is 3. The summed E-state index contributed by atoms with van der Waals surface area (Å²) in [5.74, 6) is 0. The normalized spacial score (nSPS) is 9.60. The molecule has 59 valence electrons. The van der Waals surface area contributed by atoms with Gasteiger partial charge in [0.05, 0.1) is 0 Å². The van der Waals surface area contributed by atoms with E-state index in [1.807, 2.05) is 6.92 Å². The SMILES string of the molecule is CC[C](NC)NC(=O)NC. The smallest absolute Gasteiger partial charge is 0.316 e. The number of hydrogen-bond donors (Lipinski definition) is 3. The van der Waals surface area contributed by atoms with E-state index in [4.69, 9.17) is 0 Å². The van der Waals surface area contributed by atoms with Gasteiger partial charge in [0, 0.05) is 7.05 Å². The molecular formula is C6H14N3O. The summed E-state index contributed by atoms with van der Waals surface area (Å²) < 4.78 is 0. The summed E-state index contributed by atoms with van der Waals surface area (Å²) in [6, 6.07) is -0.189. The maximum absolute atomic E-state index is 10.7. The Labute approximate surface area is 61.4 Å². The van der Waals surface area contributed by atoms with Gasteiger partial charge < -0.3 is 10.6 Å². The van der Waals surface area contributed by atoms with Gasteiger partial charge in [-0.3, -0.25) is 5.32 Å². The lowest BCUT2D eigenvalue weighted by Crippen LogP contribution is -2.40. The van der Waals surface area contributed by atoms with Crippen LogP contribution in [0, 0.1) is 6.17 Å². The zero-order valence-corrected chi connectivity index (χ0v) is 6.62. The van der Waals surface area contributed by atoms with Crippen molar-refractivity contribution in [1.29, 1.82) is 0 Å². The number of nitrogens with one attached hydrogen (secondary N) is 3. The third kappa shape index (κ3) is 3.29. The van der Waals surface area contributed by atoms with Crippen molar-refractivity contribution < 1.29 is 4.79 Å². The molecule has 0 unspecified atom stereocenters. The van der Waals surface area contributed by atoms with E-state index in [0.717, 1.165) is 12.6 Å². The van der Waals surface area contributed by atoms with Crippen molar-refractivity contribution in [1.82, 2.24) is 16.0 Å². The highest BCUT2D eigenvalue weighted by Crippen LogP contribution is 1.91. The Morgan fingerprint density at radius 3 is 2.20 bits per heavy atom. The molecule has 3 N–H and O–H groups in total. The third-order valence-corrected chi connectivity index (χ3v) is 1.15. The largest absolute Gasteiger partial charge is 0.341 e. The highest BCUT2D eigenvalue weighted by atomic mass is 16.2. The standard InChI is InChI=1S/C6H14N3O/c1-4-5(7-2)9-6(10)8-3/h7H,4H2,1-3H3,(H2,8,9,10). The molecule has 0 aromatic heterocycles. The molecule has 0 heterocycles. The Balaban J connectivity index is 3.52. The van der Waals surface area contributed by atoms with Crippen LogP contribution in [0.2, 0.25) is 0 Å². The van der Waals surface area contributed by atoms with E-state index >= 15 is 0 Å². The van der Waals surface area contributed by atoms with E-state index in [0.29, 0.717) is 0 Å². The van der Waals surface area contributed by atoms with Gasteiger partial charge in [-0.15, -0.1) is 0 Å². The molecule has 1 radical (unpaired) electrons. The van der Waals surface area contributed by atoms with Crippen molar-refractivity contribution in [2.75, 3.05) is 14.1 Å². The average Bonchev–Trinajstić information content (AvgIpc) is 1.99. The van der Waals surface area contributed by atoms with Crippen molar-refractivity contribution in [3.05, 3.63) is 6.17 Å². The second kappa shape index (κ2) is 5.05. The van der Waals surface area contributed by atoms with E-state index in [9.17, 15) is 4.79 Å². The fourth-order valence-corrected chi connectivity index (χ4v) is 0.527. The minimum absolute atomic E-state index is 0.189. The van der Waals surface area contributed by atoms with Crippen LogP contribution in [0.15, 0.2) is 0 Å². The molecule has 4 nitrogen and oxygen atoms in total. The van der Waals surface area contributed by atoms with Crippen molar-refractivity contribution in [2.24, 2.45) is 0 Å². The predicted octanol–water partition coefficient (Wildman–Crippen LogP) is 0.0343. The number of carbonyl (C=O) groups excluding carboxylic acids is 1. The highest BCUT2D eigenvalue weighted by Gasteiger charge is 2.05. The molecule has 0 aromatic carbocycles. The minimum atomic E-state index is -0.189. The topological polar surface area (TPSA) is 53.2 Å². The molecule has 0 bridgehead atoms. The fourth-order valence-electron chi connectivity index (χ4n) is 0.527. The lowest BCUT2D eigenvalue weighted by molar-refractivity contribution is 0.242. The molecular weight excluding hydrogens is 130 g/mol. The third-order valence-electron chi connectivity index (χ3n) is 1.15. The molecule has 0 spiro atoms. The molecule has 0 atom stereocenters. The first kappa shape index (κ1) is 9.23. The van der Waals surface area contributed by atoms with Crippen LogP contribution >= 0.6 is 0 Å². The van der Waals surface area contributed by atoms with Gasteiger partial charge in [0.1, 0.15) is 6.17 Å². The molecule has 2 amide bonds. The van der Waals surface area contributed by atoms with Crippen LogP contribution in [0.5, 0.6) is 0 Å². The molecule has 0 rings (SSSR count). The summed E-state index contributed by atoms with van der Waals surface area (Å²) >= 11 is 0. The van der Waals surface area contributed by atoms with Crippen LogP contribution in [0.3, 0.4) is 0 Å². The van der Waals surface area contributed by atoms with Crippen LogP contribution in [0.25, 0.3) is 0 Å². The maximum atomic E-state index is 10.7. The maximum Gasteiger partial charge on any atom is 0.316 e. The zero-order valence-electron chi connectivity index (χ0n) is 6.62. The lowest BCUT2D eigenvalue weighted by atomic mass is 10.4. The van der Waals surface area contributed by atoms with Crippen LogP contribution in [-0.4, -0.2) is 20.1 Å². The molecule has 0 aliphatic heterocycles. The molecule has 10 heavy (non-hydrogen) atoms. The number of hydrogen-bond acceptors (Lipinski definition) is 2. The van der Waals surface area contributed by atoms with E-state index in [2.05, 4.69) is 16.0 Å². The van der Waals surface area contributed by atoms with Crippen LogP contribution in [-0.2, 0) is 0 Å². The van der Waals surface area contributed by atoms with Crippen LogP contribution in [0.4, 0.5) is 4.79 Å². The second-order valence-corrected chi connectivity index (χ2v) is 1.79. The Hall–Kier alpha value is -0.770. The molecule has 0 aliphatic carbocycles. The summed E-state index contributed by atoms with van der Waals surface area (Å²) in [4.78, 5) is 10.7. The Kier molecular flexibility index (Phi) is 4.66. The van der Waals surface area contributed by atoms with Gasteiger partial charge in [-0.25, -0.2) is 4.79 Å². The van der Waals surface area contributed by atoms with Crippen molar-refractivity contribution in [3.63, 3.8) is 0 Å². The van der Waals surface area contributed by atoms with E-state index in [-0.39, 0.29) is 6.03 Å². The molecule has 0 saturated carbocycles. The molecule has 0 aliphatic rings. The van der Waals surface area contributed by atoms with Crippen molar-refractivity contribution in [2.45, 2.75) is 13.3 Å². The first-order chi connectivity index (χ1) is 4.74. The lowest BCUT2D eigenvalue weighted by Gasteiger charge is -2.13. The molecule has 0 fully saturated rings. The van der Waals surface area contributed by atoms with Gasteiger partial charge in [-0.1, -0.05) is 6.92 Å². The first-order valence-corrected chi connectivity index (χ1v) is 3.26. The monoisotopic (exact) mass is 144 g/mol.